The number of nitrogens with zero attached hydrogens (tertiary/aromatic N) is 2. The second-order valence-corrected chi connectivity index (χ2v) is 6.28. The third-order valence-electron chi connectivity index (χ3n) is 4.44. The Hall–Kier alpha value is -2.18. The van der Waals surface area contributed by atoms with Crippen molar-refractivity contribution in [1.82, 2.24) is 15.2 Å². The summed E-state index contributed by atoms with van der Waals surface area (Å²) in [6.07, 6.45) is 3.96. The van der Waals surface area contributed by atoms with Gasteiger partial charge in [0.25, 0.3) is 0 Å². The summed E-state index contributed by atoms with van der Waals surface area (Å²) in [5, 5.41) is 16.0. The lowest BCUT2D eigenvalue weighted by Crippen LogP contribution is -2.42. The zero-order valence-corrected chi connectivity index (χ0v) is 13.7. The van der Waals surface area contributed by atoms with Crippen LogP contribution in [0.4, 0.5) is 10.5 Å². The molecule has 0 spiro atoms. The van der Waals surface area contributed by atoms with Crippen molar-refractivity contribution in [3.05, 3.63) is 36.5 Å². The van der Waals surface area contributed by atoms with Crippen LogP contribution in [0.25, 0.3) is 10.9 Å². The molecule has 2 heterocycles. The van der Waals surface area contributed by atoms with Gasteiger partial charge in [-0.05, 0) is 49.6 Å². The molecule has 2 aromatic rings. The number of pyridine rings is 1. The van der Waals surface area contributed by atoms with E-state index >= 15 is 0 Å². The largest absolute Gasteiger partial charge is 0.396 e. The molecule has 1 atom stereocenters. The Morgan fingerprint density at radius 3 is 3.17 bits per heavy atom. The summed E-state index contributed by atoms with van der Waals surface area (Å²) in [7, 11) is 0. The number of aliphatic hydroxyl groups is 1. The fourth-order valence-corrected chi connectivity index (χ4v) is 3.16. The van der Waals surface area contributed by atoms with Crippen molar-refractivity contribution in [1.29, 1.82) is 0 Å². The van der Waals surface area contributed by atoms with E-state index in [1.54, 1.807) is 6.20 Å². The summed E-state index contributed by atoms with van der Waals surface area (Å²) in [6, 6.07) is 9.32. The lowest BCUT2D eigenvalue weighted by molar-refractivity contribution is 0.121. The van der Waals surface area contributed by atoms with Crippen LogP contribution < -0.4 is 10.6 Å². The molecule has 24 heavy (non-hydrogen) atoms. The number of aliphatic hydroxyl groups excluding tert-OH is 1. The number of piperidine rings is 1. The number of anilines is 1. The quantitative estimate of drug-likeness (QED) is 0.785. The molecular formula is C18H24N4O2. The van der Waals surface area contributed by atoms with Gasteiger partial charge in [-0.3, -0.25) is 4.98 Å². The lowest BCUT2D eigenvalue weighted by Gasteiger charge is -2.31. The predicted molar refractivity (Wildman–Crippen MR) is 95.0 cm³/mol. The highest BCUT2D eigenvalue weighted by Crippen LogP contribution is 2.17. The van der Waals surface area contributed by atoms with Crippen LogP contribution in [0.3, 0.4) is 0 Å². The van der Waals surface area contributed by atoms with Gasteiger partial charge in [-0.1, -0.05) is 6.07 Å². The molecule has 3 rings (SSSR count). The number of carbonyl (C=O) groups excluding carboxylic acids is 1. The number of hydrogen-bond donors (Lipinski definition) is 3. The molecular weight excluding hydrogens is 304 g/mol. The zero-order valence-electron chi connectivity index (χ0n) is 13.7. The van der Waals surface area contributed by atoms with E-state index in [1.165, 1.54) is 0 Å². The minimum absolute atomic E-state index is 0.200. The molecule has 0 radical (unpaired) electrons. The smallest absolute Gasteiger partial charge is 0.319 e. The van der Waals surface area contributed by atoms with Crippen LogP contribution >= 0.6 is 0 Å². The number of aromatic nitrogens is 1. The van der Waals surface area contributed by atoms with Crippen molar-refractivity contribution >= 4 is 22.6 Å². The maximum absolute atomic E-state index is 12.0. The molecule has 6 heteroatoms. The Bertz CT molecular complexity index is 692. The molecule has 1 aliphatic rings. The highest BCUT2D eigenvalue weighted by atomic mass is 16.3. The number of urea groups is 1. The van der Waals surface area contributed by atoms with E-state index in [9.17, 15) is 9.90 Å². The van der Waals surface area contributed by atoms with E-state index in [1.807, 2.05) is 30.3 Å². The number of hydrogen-bond acceptors (Lipinski definition) is 4. The molecule has 1 aromatic heterocycles. The third-order valence-corrected chi connectivity index (χ3v) is 4.44. The van der Waals surface area contributed by atoms with Gasteiger partial charge in [0.1, 0.15) is 0 Å². The van der Waals surface area contributed by atoms with E-state index in [-0.39, 0.29) is 12.6 Å². The molecule has 0 bridgehead atoms. The molecule has 0 aliphatic carbocycles. The highest BCUT2D eigenvalue weighted by molar-refractivity contribution is 5.92. The van der Waals surface area contributed by atoms with E-state index in [0.29, 0.717) is 12.5 Å². The molecule has 1 saturated heterocycles. The molecule has 6 nitrogen and oxygen atoms in total. The van der Waals surface area contributed by atoms with Gasteiger partial charge < -0.3 is 20.6 Å². The Morgan fingerprint density at radius 1 is 1.38 bits per heavy atom. The van der Waals surface area contributed by atoms with Crippen LogP contribution in [0, 0.1) is 5.92 Å². The normalized spacial score (nSPS) is 18.5. The number of amides is 2. The topological polar surface area (TPSA) is 77.5 Å². The first-order chi connectivity index (χ1) is 11.7. The average Bonchev–Trinajstić information content (AvgIpc) is 2.62. The van der Waals surface area contributed by atoms with Crippen molar-refractivity contribution in [2.45, 2.75) is 12.8 Å². The summed E-state index contributed by atoms with van der Waals surface area (Å²) < 4.78 is 0. The Labute approximate surface area is 141 Å². The van der Waals surface area contributed by atoms with Crippen LogP contribution in [0.15, 0.2) is 36.5 Å². The monoisotopic (exact) mass is 328 g/mol. The van der Waals surface area contributed by atoms with Gasteiger partial charge >= 0.3 is 6.03 Å². The predicted octanol–water partition coefficient (Wildman–Crippen LogP) is 2.06. The second kappa shape index (κ2) is 8.08. The van der Waals surface area contributed by atoms with Crippen molar-refractivity contribution in [3.63, 3.8) is 0 Å². The number of carbonyl (C=O) groups is 1. The molecule has 1 aliphatic heterocycles. The molecule has 2 amide bonds. The minimum atomic E-state index is -0.200. The van der Waals surface area contributed by atoms with Gasteiger partial charge in [-0.2, -0.15) is 0 Å². The zero-order chi connectivity index (χ0) is 16.8. The van der Waals surface area contributed by atoms with Crippen molar-refractivity contribution in [2.75, 3.05) is 38.1 Å². The van der Waals surface area contributed by atoms with Gasteiger partial charge in [0.15, 0.2) is 0 Å². The van der Waals surface area contributed by atoms with Gasteiger partial charge in [0, 0.05) is 43.5 Å². The second-order valence-electron chi connectivity index (χ2n) is 6.28. The summed E-state index contributed by atoms with van der Waals surface area (Å²) in [5.41, 5.74) is 1.67. The minimum Gasteiger partial charge on any atom is -0.396 e. The number of nitrogens with one attached hydrogen (secondary N) is 2. The van der Waals surface area contributed by atoms with Gasteiger partial charge in [-0.25, -0.2) is 4.79 Å². The van der Waals surface area contributed by atoms with Gasteiger partial charge in [0.2, 0.25) is 0 Å². The lowest BCUT2D eigenvalue weighted by atomic mass is 9.99. The van der Waals surface area contributed by atoms with E-state index in [2.05, 4.69) is 20.5 Å². The molecule has 1 aromatic carbocycles. The SMILES string of the molecule is O=C(NCCN1CCC[C@@H](CO)C1)Nc1ccc2ncccc2c1. The summed E-state index contributed by atoms with van der Waals surface area (Å²) in [4.78, 5) is 18.6. The van der Waals surface area contributed by atoms with Gasteiger partial charge in [0.05, 0.1) is 5.52 Å². The maximum Gasteiger partial charge on any atom is 0.319 e. The Balaban J connectivity index is 1.45. The summed E-state index contributed by atoms with van der Waals surface area (Å²) in [6.45, 7) is 3.61. The van der Waals surface area contributed by atoms with Crippen LogP contribution in [0.1, 0.15) is 12.8 Å². The van der Waals surface area contributed by atoms with Crippen molar-refractivity contribution in [2.24, 2.45) is 5.92 Å². The molecule has 1 fully saturated rings. The number of likely N-dealkylation sites (tertiary alicyclic amines) is 1. The Kier molecular flexibility index (Phi) is 5.61. The molecule has 3 N–H and O–H groups in total. The average molecular weight is 328 g/mol. The number of rotatable bonds is 5. The molecule has 128 valence electrons. The first kappa shape index (κ1) is 16.7. The Morgan fingerprint density at radius 2 is 2.29 bits per heavy atom. The standard InChI is InChI=1S/C18H24N4O2/c23-13-14-3-2-9-22(12-14)10-8-20-18(24)21-16-5-6-17-15(11-16)4-1-7-19-17/h1,4-7,11,14,23H,2-3,8-10,12-13H2,(H2,20,21,24)/t14-/m1/s1. The van der Waals surface area contributed by atoms with E-state index in [4.69, 9.17) is 0 Å². The van der Waals surface area contributed by atoms with E-state index < -0.39 is 0 Å². The van der Waals surface area contributed by atoms with Crippen molar-refractivity contribution in [3.8, 4) is 0 Å². The number of fused-ring (bicyclic) bond motifs is 1. The van der Waals surface area contributed by atoms with Crippen LogP contribution in [-0.2, 0) is 0 Å². The highest BCUT2D eigenvalue weighted by Gasteiger charge is 2.18. The van der Waals surface area contributed by atoms with Crippen LogP contribution in [0.5, 0.6) is 0 Å². The molecule has 0 saturated carbocycles. The van der Waals surface area contributed by atoms with Crippen LogP contribution in [-0.4, -0.2) is 53.8 Å². The number of benzene rings is 1. The molecule has 0 unspecified atom stereocenters. The fourth-order valence-electron chi connectivity index (χ4n) is 3.16. The maximum atomic E-state index is 12.0. The fraction of sp³-hybridized carbons (Fsp3) is 0.444. The first-order valence-electron chi connectivity index (χ1n) is 8.47. The van der Waals surface area contributed by atoms with Crippen LogP contribution in [0.2, 0.25) is 0 Å². The van der Waals surface area contributed by atoms with Gasteiger partial charge in [-0.15, -0.1) is 0 Å². The summed E-state index contributed by atoms with van der Waals surface area (Å²) in [5.74, 6) is 0.374. The first-order valence-corrected chi connectivity index (χ1v) is 8.47. The third kappa shape index (κ3) is 4.43. The van der Waals surface area contributed by atoms with Crippen molar-refractivity contribution < 1.29 is 9.90 Å². The van der Waals surface area contributed by atoms with E-state index in [0.717, 1.165) is 49.1 Å². The summed E-state index contributed by atoms with van der Waals surface area (Å²) >= 11 is 0.